The van der Waals surface area contributed by atoms with Crippen LogP contribution in [0.5, 0.6) is 0 Å². The highest BCUT2D eigenvalue weighted by atomic mass is 19.1. The first-order chi connectivity index (χ1) is 8.81. The standard InChI is InChI=1S/C15H17FN2/c1-2-8-18-15(12-6-4-3-5-7-12)13-9-14(16)11-17-10-13/h3-7,9-11,15,18H,2,8H2,1H3. The number of hydrogen-bond donors (Lipinski definition) is 1. The minimum absolute atomic E-state index is 0.00523. The van der Waals surface area contributed by atoms with Crippen LogP contribution in [0, 0.1) is 5.82 Å². The molecule has 2 aromatic rings. The molecule has 1 atom stereocenters. The Hall–Kier alpha value is -1.74. The average molecular weight is 244 g/mol. The van der Waals surface area contributed by atoms with Crippen LogP contribution in [0.25, 0.3) is 0 Å². The Bertz CT molecular complexity index is 485. The minimum Gasteiger partial charge on any atom is -0.306 e. The molecule has 3 heteroatoms. The van der Waals surface area contributed by atoms with Crippen LogP contribution in [0.3, 0.4) is 0 Å². The maximum Gasteiger partial charge on any atom is 0.141 e. The van der Waals surface area contributed by atoms with Gasteiger partial charge in [0, 0.05) is 6.20 Å². The molecule has 0 saturated heterocycles. The minimum atomic E-state index is -0.299. The van der Waals surface area contributed by atoms with Crippen molar-refractivity contribution >= 4 is 0 Å². The third-order valence-corrected chi connectivity index (χ3v) is 2.79. The van der Waals surface area contributed by atoms with Gasteiger partial charge in [-0.1, -0.05) is 37.3 Å². The second-order valence-corrected chi connectivity index (χ2v) is 4.23. The molecule has 0 bridgehead atoms. The van der Waals surface area contributed by atoms with E-state index in [1.807, 2.05) is 30.3 Å². The van der Waals surface area contributed by atoms with Crippen LogP contribution < -0.4 is 5.32 Å². The lowest BCUT2D eigenvalue weighted by atomic mass is 10.00. The van der Waals surface area contributed by atoms with Crippen molar-refractivity contribution in [2.24, 2.45) is 0 Å². The molecule has 0 spiro atoms. The van der Waals surface area contributed by atoms with Crippen LogP contribution in [-0.4, -0.2) is 11.5 Å². The maximum atomic E-state index is 13.3. The van der Waals surface area contributed by atoms with E-state index >= 15 is 0 Å². The Morgan fingerprint density at radius 1 is 1.17 bits per heavy atom. The highest BCUT2D eigenvalue weighted by molar-refractivity contribution is 5.30. The van der Waals surface area contributed by atoms with Gasteiger partial charge in [0.1, 0.15) is 5.82 Å². The molecule has 2 rings (SSSR count). The third kappa shape index (κ3) is 3.14. The summed E-state index contributed by atoms with van der Waals surface area (Å²) in [6.07, 6.45) is 3.97. The molecular weight excluding hydrogens is 227 g/mol. The summed E-state index contributed by atoms with van der Waals surface area (Å²) in [4.78, 5) is 3.92. The lowest BCUT2D eigenvalue weighted by Crippen LogP contribution is -2.23. The molecule has 0 aliphatic rings. The summed E-state index contributed by atoms with van der Waals surface area (Å²) in [7, 11) is 0. The zero-order chi connectivity index (χ0) is 12.8. The fourth-order valence-electron chi connectivity index (χ4n) is 1.95. The van der Waals surface area contributed by atoms with Crippen LogP contribution in [0.15, 0.2) is 48.8 Å². The van der Waals surface area contributed by atoms with Gasteiger partial charge in [0.15, 0.2) is 0 Å². The molecule has 0 saturated carbocycles. The summed E-state index contributed by atoms with van der Waals surface area (Å²) in [6.45, 7) is 2.99. The number of pyridine rings is 1. The summed E-state index contributed by atoms with van der Waals surface area (Å²) >= 11 is 0. The molecule has 1 aromatic heterocycles. The number of halogens is 1. The fraction of sp³-hybridized carbons (Fsp3) is 0.267. The average Bonchev–Trinajstić information content (AvgIpc) is 2.40. The van der Waals surface area contributed by atoms with Crippen molar-refractivity contribution in [3.63, 3.8) is 0 Å². The van der Waals surface area contributed by atoms with Crippen LogP contribution >= 0.6 is 0 Å². The molecule has 18 heavy (non-hydrogen) atoms. The normalized spacial score (nSPS) is 12.3. The zero-order valence-corrected chi connectivity index (χ0v) is 10.4. The Labute approximate surface area is 107 Å². The first-order valence-electron chi connectivity index (χ1n) is 6.20. The van der Waals surface area contributed by atoms with Gasteiger partial charge in [0.25, 0.3) is 0 Å². The highest BCUT2D eigenvalue weighted by Gasteiger charge is 2.13. The van der Waals surface area contributed by atoms with Gasteiger partial charge < -0.3 is 5.32 Å². The number of rotatable bonds is 5. The smallest absolute Gasteiger partial charge is 0.141 e. The second-order valence-electron chi connectivity index (χ2n) is 4.23. The first kappa shape index (κ1) is 12.7. The van der Waals surface area contributed by atoms with E-state index in [2.05, 4.69) is 17.2 Å². The summed E-state index contributed by atoms with van der Waals surface area (Å²) < 4.78 is 13.3. The van der Waals surface area contributed by atoms with E-state index in [1.165, 1.54) is 12.3 Å². The molecule has 0 aliphatic carbocycles. The highest BCUT2D eigenvalue weighted by Crippen LogP contribution is 2.21. The number of aromatic nitrogens is 1. The van der Waals surface area contributed by atoms with Crippen LogP contribution in [0.4, 0.5) is 4.39 Å². The Balaban J connectivity index is 2.31. The van der Waals surface area contributed by atoms with Crippen molar-refractivity contribution in [1.29, 1.82) is 0 Å². The molecular formula is C15H17FN2. The summed E-state index contributed by atoms with van der Waals surface area (Å²) in [5.41, 5.74) is 1.98. The van der Waals surface area contributed by atoms with Crippen molar-refractivity contribution in [1.82, 2.24) is 10.3 Å². The number of benzene rings is 1. The molecule has 0 aliphatic heterocycles. The number of hydrogen-bond acceptors (Lipinski definition) is 2. The van der Waals surface area contributed by atoms with E-state index in [1.54, 1.807) is 6.20 Å². The molecule has 94 valence electrons. The molecule has 1 unspecified atom stereocenters. The Kier molecular flexibility index (Phi) is 4.42. The van der Waals surface area contributed by atoms with Crippen molar-refractivity contribution in [3.8, 4) is 0 Å². The number of nitrogens with one attached hydrogen (secondary N) is 1. The summed E-state index contributed by atoms with van der Waals surface area (Å²) in [5, 5.41) is 3.42. The molecule has 2 nitrogen and oxygen atoms in total. The Morgan fingerprint density at radius 3 is 2.61 bits per heavy atom. The van der Waals surface area contributed by atoms with Crippen molar-refractivity contribution < 1.29 is 4.39 Å². The van der Waals surface area contributed by atoms with Crippen LogP contribution in [0.1, 0.15) is 30.5 Å². The van der Waals surface area contributed by atoms with E-state index in [9.17, 15) is 4.39 Å². The zero-order valence-electron chi connectivity index (χ0n) is 10.4. The maximum absolute atomic E-state index is 13.3. The van der Waals surface area contributed by atoms with E-state index in [-0.39, 0.29) is 11.9 Å². The second kappa shape index (κ2) is 6.26. The molecule has 1 heterocycles. The van der Waals surface area contributed by atoms with Gasteiger partial charge in [-0.3, -0.25) is 4.98 Å². The summed E-state index contributed by atoms with van der Waals surface area (Å²) in [6, 6.07) is 11.6. The molecule has 1 aromatic carbocycles. The van der Waals surface area contributed by atoms with Gasteiger partial charge >= 0.3 is 0 Å². The monoisotopic (exact) mass is 244 g/mol. The first-order valence-corrected chi connectivity index (χ1v) is 6.20. The number of nitrogens with zero attached hydrogens (tertiary/aromatic N) is 1. The van der Waals surface area contributed by atoms with Crippen molar-refractivity contribution in [3.05, 3.63) is 65.7 Å². The van der Waals surface area contributed by atoms with Crippen LogP contribution in [-0.2, 0) is 0 Å². The van der Waals surface area contributed by atoms with Gasteiger partial charge in [-0.15, -0.1) is 0 Å². The van der Waals surface area contributed by atoms with E-state index in [4.69, 9.17) is 0 Å². The van der Waals surface area contributed by atoms with Gasteiger partial charge in [-0.05, 0) is 30.2 Å². The quantitative estimate of drug-likeness (QED) is 0.872. The van der Waals surface area contributed by atoms with E-state index in [0.29, 0.717) is 0 Å². The molecule has 0 amide bonds. The molecule has 1 N–H and O–H groups in total. The van der Waals surface area contributed by atoms with Crippen molar-refractivity contribution in [2.45, 2.75) is 19.4 Å². The van der Waals surface area contributed by atoms with Gasteiger partial charge in [0.2, 0.25) is 0 Å². The Morgan fingerprint density at radius 2 is 1.94 bits per heavy atom. The topological polar surface area (TPSA) is 24.9 Å². The van der Waals surface area contributed by atoms with E-state index in [0.717, 1.165) is 24.1 Å². The SMILES string of the molecule is CCCNC(c1ccccc1)c1cncc(F)c1. The predicted molar refractivity (Wildman–Crippen MR) is 70.8 cm³/mol. The lowest BCUT2D eigenvalue weighted by molar-refractivity contribution is 0.580. The molecule has 0 fully saturated rings. The van der Waals surface area contributed by atoms with Gasteiger partial charge in [0.05, 0.1) is 12.2 Å². The fourth-order valence-corrected chi connectivity index (χ4v) is 1.95. The third-order valence-electron chi connectivity index (χ3n) is 2.79. The predicted octanol–water partition coefficient (Wildman–Crippen LogP) is 3.31. The van der Waals surface area contributed by atoms with Crippen LogP contribution in [0.2, 0.25) is 0 Å². The van der Waals surface area contributed by atoms with E-state index < -0.39 is 0 Å². The van der Waals surface area contributed by atoms with Gasteiger partial charge in [-0.25, -0.2) is 4.39 Å². The lowest BCUT2D eigenvalue weighted by Gasteiger charge is -2.19. The van der Waals surface area contributed by atoms with Gasteiger partial charge in [-0.2, -0.15) is 0 Å². The summed E-state index contributed by atoms with van der Waals surface area (Å²) in [5.74, 6) is -0.299. The largest absolute Gasteiger partial charge is 0.306 e. The molecule has 0 radical (unpaired) electrons. The van der Waals surface area contributed by atoms with Crippen molar-refractivity contribution in [2.75, 3.05) is 6.54 Å².